The Kier molecular flexibility index (Phi) is 8.11. The van der Waals surface area contributed by atoms with E-state index in [2.05, 4.69) is 9.97 Å². The first-order chi connectivity index (χ1) is 18.1. The summed E-state index contributed by atoms with van der Waals surface area (Å²) in [5.74, 6) is -2.13. The molecule has 2 heterocycles. The van der Waals surface area contributed by atoms with Gasteiger partial charge in [-0.1, -0.05) is 54.9 Å². The first-order valence-electron chi connectivity index (χ1n) is 12.7. The van der Waals surface area contributed by atoms with E-state index in [1.54, 1.807) is 11.8 Å². The Morgan fingerprint density at radius 3 is 2.21 bits per heavy atom. The summed E-state index contributed by atoms with van der Waals surface area (Å²) in [6.45, 7) is 6.42. The van der Waals surface area contributed by atoms with Crippen LogP contribution in [0.3, 0.4) is 0 Å². The van der Waals surface area contributed by atoms with Crippen LogP contribution in [-0.2, 0) is 9.59 Å². The van der Waals surface area contributed by atoms with E-state index in [4.69, 9.17) is 17.3 Å². The highest BCUT2D eigenvalue weighted by Gasteiger charge is 2.31. The molecule has 38 heavy (non-hydrogen) atoms. The average Bonchev–Trinajstić information content (AvgIpc) is 2.89. The van der Waals surface area contributed by atoms with Crippen LogP contribution in [0.25, 0.3) is 22.4 Å². The minimum atomic E-state index is -0.795. The van der Waals surface area contributed by atoms with Crippen LogP contribution in [0.5, 0.6) is 0 Å². The highest BCUT2D eigenvalue weighted by molar-refractivity contribution is 6.33. The van der Waals surface area contributed by atoms with Gasteiger partial charge in [0.15, 0.2) is 0 Å². The van der Waals surface area contributed by atoms with Crippen molar-refractivity contribution in [3.8, 4) is 22.4 Å². The molecule has 1 saturated heterocycles. The predicted molar refractivity (Wildman–Crippen MR) is 146 cm³/mol. The van der Waals surface area contributed by atoms with Crippen molar-refractivity contribution >= 4 is 29.4 Å². The molecule has 0 spiro atoms. The Balaban J connectivity index is 1.54. The third-order valence-electron chi connectivity index (χ3n) is 7.20. The summed E-state index contributed by atoms with van der Waals surface area (Å²) in [7, 11) is 0. The number of hydrogen-bond acceptors (Lipinski definition) is 5. The second-order valence-electron chi connectivity index (χ2n) is 9.67. The Labute approximate surface area is 226 Å². The molecule has 198 valence electrons. The van der Waals surface area contributed by atoms with Crippen LogP contribution in [-0.4, -0.2) is 50.8 Å². The lowest BCUT2D eigenvalue weighted by Crippen LogP contribution is -2.42. The van der Waals surface area contributed by atoms with Gasteiger partial charge in [0.2, 0.25) is 5.91 Å². The Bertz CT molecular complexity index is 1380. The minimum absolute atomic E-state index is 0.00872. The molecule has 1 aromatic heterocycles. The lowest BCUT2D eigenvalue weighted by molar-refractivity contribution is -0.146. The summed E-state index contributed by atoms with van der Waals surface area (Å²) in [6, 6.07) is 13.3. The quantitative estimate of drug-likeness (QED) is 0.439. The van der Waals surface area contributed by atoms with Crippen LogP contribution in [0.2, 0.25) is 5.02 Å². The summed E-state index contributed by atoms with van der Waals surface area (Å²) in [6.07, 6.45) is 1.57. The first kappa shape index (κ1) is 27.3. The highest BCUT2D eigenvalue weighted by Crippen LogP contribution is 2.34. The Hall–Kier alpha value is -3.78. The molecule has 1 atom stereocenters. The summed E-state index contributed by atoms with van der Waals surface area (Å²) in [4.78, 5) is 46.8. The van der Waals surface area contributed by atoms with Crippen LogP contribution < -0.4 is 5.73 Å². The lowest BCUT2D eigenvalue weighted by Gasteiger charge is -2.33. The zero-order chi connectivity index (χ0) is 27.6. The van der Waals surface area contributed by atoms with E-state index in [0.29, 0.717) is 54.5 Å². The van der Waals surface area contributed by atoms with Crippen LogP contribution in [0.1, 0.15) is 59.5 Å². The predicted octanol–water partition coefficient (Wildman–Crippen LogP) is 5.00. The van der Waals surface area contributed by atoms with Gasteiger partial charge in [-0.3, -0.25) is 19.4 Å². The average molecular weight is 535 g/mol. The number of halogens is 1. The van der Waals surface area contributed by atoms with Gasteiger partial charge in [0, 0.05) is 29.2 Å². The minimum Gasteiger partial charge on any atom is -0.481 e. The summed E-state index contributed by atoms with van der Waals surface area (Å²) >= 11 is 6.70. The number of piperidine rings is 1. The van der Waals surface area contributed by atoms with E-state index in [0.717, 1.165) is 22.3 Å². The fourth-order valence-electron chi connectivity index (χ4n) is 5.05. The number of carbonyl (C=O) groups excluding carboxylic acids is 2. The van der Waals surface area contributed by atoms with Crippen molar-refractivity contribution < 1.29 is 19.5 Å². The van der Waals surface area contributed by atoms with Gasteiger partial charge in [0.1, 0.15) is 5.69 Å². The number of aryl methyl sites for hydroxylation is 2. The fraction of sp³-hybridized carbons (Fsp3) is 0.345. The first-order valence-corrected chi connectivity index (χ1v) is 13.0. The summed E-state index contributed by atoms with van der Waals surface area (Å²) < 4.78 is 0. The standard InChI is InChI=1S/C29H31ClN4O4/c1-4-22(28(36)34-13-11-20(12-14-34)29(37)38)21-9-10-23(24(30)15-21)18-5-7-19(8-6-18)25-16(2)32-17(3)26(33-25)27(31)35/h5-10,15,20,22H,4,11-14H2,1-3H3,(H2,31,35)(H,37,38). The number of carbonyl (C=O) groups is 3. The van der Waals surface area contributed by atoms with Crippen molar-refractivity contribution in [2.45, 2.75) is 46.0 Å². The van der Waals surface area contributed by atoms with Crippen LogP contribution in [0.4, 0.5) is 0 Å². The third-order valence-corrected chi connectivity index (χ3v) is 7.52. The number of rotatable bonds is 7. The Morgan fingerprint density at radius 1 is 1.03 bits per heavy atom. The smallest absolute Gasteiger partial charge is 0.306 e. The van der Waals surface area contributed by atoms with Crippen molar-refractivity contribution in [3.05, 3.63) is 70.1 Å². The topological polar surface area (TPSA) is 126 Å². The zero-order valence-electron chi connectivity index (χ0n) is 21.7. The Morgan fingerprint density at radius 2 is 1.66 bits per heavy atom. The maximum absolute atomic E-state index is 13.3. The van der Waals surface area contributed by atoms with Gasteiger partial charge in [-0.2, -0.15) is 0 Å². The lowest BCUT2D eigenvalue weighted by atomic mass is 9.90. The molecule has 0 bridgehead atoms. The van der Waals surface area contributed by atoms with Gasteiger partial charge in [0.05, 0.1) is 28.9 Å². The number of benzene rings is 2. The molecule has 9 heteroatoms. The fourth-order valence-corrected chi connectivity index (χ4v) is 5.35. The second kappa shape index (κ2) is 11.3. The van der Waals surface area contributed by atoms with E-state index in [9.17, 15) is 19.5 Å². The van der Waals surface area contributed by atoms with Crippen molar-refractivity contribution in [2.75, 3.05) is 13.1 Å². The van der Waals surface area contributed by atoms with Crippen molar-refractivity contribution in [2.24, 2.45) is 11.7 Å². The molecule has 3 N–H and O–H groups in total. The van der Waals surface area contributed by atoms with Gasteiger partial charge in [-0.15, -0.1) is 0 Å². The van der Waals surface area contributed by atoms with E-state index in [-0.39, 0.29) is 23.4 Å². The normalized spacial score (nSPS) is 14.8. The number of nitrogens with zero attached hydrogens (tertiary/aromatic N) is 3. The molecule has 3 aromatic rings. The molecule has 1 unspecified atom stereocenters. The van der Waals surface area contributed by atoms with E-state index < -0.39 is 11.9 Å². The molecule has 4 rings (SSSR count). The molecular formula is C29H31ClN4O4. The number of carboxylic acid groups (broad SMARTS) is 1. The largest absolute Gasteiger partial charge is 0.481 e. The number of nitrogens with two attached hydrogens (primary N) is 1. The number of amides is 2. The SMILES string of the molecule is CCC(C(=O)N1CCC(C(=O)O)CC1)c1ccc(-c2ccc(-c3nc(C(N)=O)c(C)nc3C)cc2)c(Cl)c1. The third kappa shape index (κ3) is 5.55. The molecule has 0 radical (unpaired) electrons. The van der Waals surface area contributed by atoms with Crippen LogP contribution >= 0.6 is 11.6 Å². The highest BCUT2D eigenvalue weighted by atomic mass is 35.5. The molecule has 1 aliphatic heterocycles. The van der Waals surface area contributed by atoms with Crippen molar-refractivity contribution in [1.29, 1.82) is 0 Å². The van der Waals surface area contributed by atoms with Crippen molar-refractivity contribution in [3.63, 3.8) is 0 Å². The van der Waals surface area contributed by atoms with Gasteiger partial charge in [0.25, 0.3) is 5.91 Å². The number of hydrogen-bond donors (Lipinski definition) is 2. The molecule has 1 aliphatic rings. The van der Waals surface area contributed by atoms with Gasteiger partial charge in [-0.25, -0.2) is 4.98 Å². The summed E-state index contributed by atoms with van der Waals surface area (Å²) in [5, 5.41) is 9.77. The monoisotopic (exact) mass is 534 g/mol. The van der Waals surface area contributed by atoms with Crippen LogP contribution in [0.15, 0.2) is 42.5 Å². The zero-order valence-corrected chi connectivity index (χ0v) is 22.5. The number of primary amides is 1. The van der Waals surface area contributed by atoms with E-state index in [1.165, 1.54) is 0 Å². The number of aromatic nitrogens is 2. The molecule has 0 aliphatic carbocycles. The van der Waals surface area contributed by atoms with Gasteiger partial charge < -0.3 is 15.7 Å². The van der Waals surface area contributed by atoms with Crippen LogP contribution in [0, 0.1) is 19.8 Å². The van der Waals surface area contributed by atoms with Crippen molar-refractivity contribution in [1.82, 2.24) is 14.9 Å². The van der Waals surface area contributed by atoms with Gasteiger partial charge >= 0.3 is 5.97 Å². The molecule has 0 saturated carbocycles. The summed E-state index contributed by atoms with van der Waals surface area (Å²) in [5.41, 5.74) is 10.8. The second-order valence-corrected chi connectivity index (χ2v) is 10.1. The molecular weight excluding hydrogens is 504 g/mol. The maximum atomic E-state index is 13.3. The number of carboxylic acids is 1. The molecule has 2 aromatic carbocycles. The van der Waals surface area contributed by atoms with Gasteiger partial charge in [-0.05, 0) is 50.3 Å². The number of aliphatic carboxylic acids is 1. The van der Waals surface area contributed by atoms with E-state index >= 15 is 0 Å². The molecule has 2 amide bonds. The maximum Gasteiger partial charge on any atom is 0.306 e. The molecule has 1 fully saturated rings. The molecule has 8 nitrogen and oxygen atoms in total. The van der Waals surface area contributed by atoms with E-state index in [1.807, 2.05) is 56.3 Å². The number of likely N-dealkylation sites (tertiary alicyclic amines) is 1.